The highest BCUT2D eigenvalue weighted by molar-refractivity contribution is 5.80. The lowest BCUT2D eigenvalue weighted by atomic mass is 10.00. The smallest absolute Gasteiger partial charge is 0.249 e. The molecular formula is C48H95NO5. The van der Waals surface area contributed by atoms with Crippen molar-refractivity contribution in [2.24, 2.45) is 0 Å². The zero-order valence-corrected chi connectivity index (χ0v) is 36.2. The van der Waals surface area contributed by atoms with Crippen molar-refractivity contribution in [2.75, 3.05) is 6.61 Å². The van der Waals surface area contributed by atoms with E-state index in [2.05, 4.69) is 31.3 Å². The van der Waals surface area contributed by atoms with E-state index in [1.54, 1.807) is 0 Å². The first-order valence-electron chi connectivity index (χ1n) is 24.1. The number of rotatable bonds is 44. The summed E-state index contributed by atoms with van der Waals surface area (Å²) in [5.74, 6) is -0.589. The van der Waals surface area contributed by atoms with E-state index in [0.717, 1.165) is 38.5 Å². The Bertz CT molecular complexity index is 776. The SMILES string of the molecule is CCCCCCCCCCCCCC/C=C/CCCC(O)C(O)C(CO)NC(=O)C(O)CCCCCCCCCCCCCCCCCCCCCCC. The summed E-state index contributed by atoms with van der Waals surface area (Å²) < 4.78 is 0. The quantitative estimate of drug-likeness (QED) is 0.0313. The summed E-state index contributed by atoms with van der Waals surface area (Å²) >= 11 is 0. The Hall–Kier alpha value is -0.950. The van der Waals surface area contributed by atoms with Gasteiger partial charge in [0, 0.05) is 0 Å². The van der Waals surface area contributed by atoms with Crippen LogP contribution in [0.5, 0.6) is 0 Å². The predicted octanol–water partition coefficient (Wildman–Crippen LogP) is 13.0. The first-order valence-corrected chi connectivity index (χ1v) is 24.1. The number of carbonyl (C=O) groups excluding carboxylic acids is 1. The third kappa shape index (κ3) is 36.7. The van der Waals surface area contributed by atoms with Crippen LogP contribution < -0.4 is 5.32 Å². The summed E-state index contributed by atoms with van der Waals surface area (Å²) in [5, 5.41) is 43.8. The van der Waals surface area contributed by atoms with E-state index in [-0.39, 0.29) is 0 Å². The molecule has 0 saturated heterocycles. The number of amides is 1. The van der Waals surface area contributed by atoms with Crippen molar-refractivity contribution in [2.45, 2.75) is 282 Å². The molecule has 0 heterocycles. The lowest BCUT2D eigenvalue weighted by Crippen LogP contribution is -2.53. The molecule has 4 unspecified atom stereocenters. The third-order valence-electron chi connectivity index (χ3n) is 11.5. The normalized spacial score (nSPS) is 14.1. The van der Waals surface area contributed by atoms with Crippen LogP contribution in [0, 0.1) is 0 Å². The molecule has 1 amide bonds. The zero-order valence-electron chi connectivity index (χ0n) is 36.2. The van der Waals surface area contributed by atoms with Crippen LogP contribution in [0.2, 0.25) is 0 Å². The van der Waals surface area contributed by atoms with Crippen LogP contribution in [-0.4, -0.2) is 57.3 Å². The molecule has 4 atom stereocenters. The van der Waals surface area contributed by atoms with Crippen molar-refractivity contribution in [1.82, 2.24) is 5.32 Å². The van der Waals surface area contributed by atoms with Gasteiger partial charge in [0.2, 0.25) is 5.91 Å². The van der Waals surface area contributed by atoms with Gasteiger partial charge in [-0.15, -0.1) is 0 Å². The topological polar surface area (TPSA) is 110 Å². The summed E-state index contributed by atoms with van der Waals surface area (Å²) in [5.41, 5.74) is 0. The van der Waals surface area contributed by atoms with E-state index in [9.17, 15) is 25.2 Å². The average Bonchev–Trinajstić information content (AvgIpc) is 3.18. The molecular weight excluding hydrogens is 671 g/mol. The number of unbranched alkanes of at least 4 members (excludes halogenated alkanes) is 33. The van der Waals surface area contributed by atoms with Gasteiger partial charge in [-0.25, -0.2) is 0 Å². The lowest BCUT2D eigenvalue weighted by molar-refractivity contribution is -0.132. The maximum Gasteiger partial charge on any atom is 0.249 e. The van der Waals surface area contributed by atoms with Gasteiger partial charge in [0.15, 0.2) is 0 Å². The van der Waals surface area contributed by atoms with Gasteiger partial charge in [-0.05, 0) is 38.5 Å². The molecule has 0 fully saturated rings. The molecule has 0 aliphatic rings. The number of hydrogen-bond acceptors (Lipinski definition) is 5. The molecule has 0 aliphatic heterocycles. The second-order valence-corrected chi connectivity index (χ2v) is 16.8. The molecule has 0 aromatic heterocycles. The van der Waals surface area contributed by atoms with Crippen LogP contribution in [-0.2, 0) is 4.79 Å². The molecule has 322 valence electrons. The molecule has 6 heteroatoms. The van der Waals surface area contributed by atoms with Crippen molar-refractivity contribution >= 4 is 5.91 Å². The summed E-state index contributed by atoms with van der Waals surface area (Å²) in [6.07, 6.45) is 48.2. The Morgan fingerprint density at radius 3 is 1.11 bits per heavy atom. The Morgan fingerprint density at radius 1 is 0.444 bits per heavy atom. The van der Waals surface area contributed by atoms with Crippen LogP contribution >= 0.6 is 0 Å². The van der Waals surface area contributed by atoms with E-state index in [0.29, 0.717) is 12.8 Å². The van der Waals surface area contributed by atoms with E-state index in [4.69, 9.17) is 0 Å². The summed E-state index contributed by atoms with van der Waals surface area (Å²) in [7, 11) is 0. The molecule has 5 N–H and O–H groups in total. The average molecular weight is 766 g/mol. The molecule has 0 radical (unpaired) electrons. The molecule has 0 aromatic rings. The van der Waals surface area contributed by atoms with Gasteiger partial charge >= 0.3 is 0 Å². The fraction of sp³-hybridized carbons (Fsp3) is 0.938. The summed E-state index contributed by atoms with van der Waals surface area (Å²) in [4.78, 5) is 12.5. The molecule has 0 aromatic carbocycles. The summed E-state index contributed by atoms with van der Waals surface area (Å²) in [6.45, 7) is 4.06. The van der Waals surface area contributed by atoms with E-state index in [1.807, 2.05) is 0 Å². The Kier molecular flexibility index (Phi) is 42.4. The first-order chi connectivity index (χ1) is 26.5. The van der Waals surface area contributed by atoms with Crippen molar-refractivity contribution < 1.29 is 25.2 Å². The van der Waals surface area contributed by atoms with Crippen LogP contribution in [0.25, 0.3) is 0 Å². The van der Waals surface area contributed by atoms with Crippen molar-refractivity contribution in [1.29, 1.82) is 0 Å². The molecule has 0 saturated carbocycles. The lowest BCUT2D eigenvalue weighted by Gasteiger charge is -2.27. The number of aliphatic hydroxyl groups is 4. The highest BCUT2D eigenvalue weighted by Crippen LogP contribution is 2.17. The van der Waals surface area contributed by atoms with Crippen molar-refractivity contribution in [3.05, 3.63) is 12.2 Å². The fourth-order valence-electron chi connectivity index (χ4n) is 7.64. The number of aliphatic hydroxyl groups excluding tert-OH is 4. The van der Waals surface area contributed by atoms with Gasteiger partial charge in [0.05, 0.1) is 18.8 Å². The number of carbonyl (C=O) groups is 1. The minimum atomic E-state index is -1.28. The molecule has 0 rings (SSSR count). The zero-order chi connectivity index (χ0) is 39.6. The number of nitrogens with one attached hydrogen (secondary N) is 1. The number of allylic oxidation sites excluding steroid dienone is 2. The van der Waals surface area contributed by atoms with E-state index >= 15 is 0 Å². The first kappa shape index (κ1) is 53.0. The Labute approximate surface area is 336 Å². The molecule has 0 spiro atoms. The summed E-state index contributed by atoms with van der Waals surface area (Å²) in [6, 6.07) is -0.997. The predicted molar refractivity (Wildman–Crippen MR) is 233 cm³/mol. The standard InChI is InChI=1S/C48H95NO5/c1-3-5-7-9-11-13-15-17-19-21-22-23-24-26-28-30-32-34-36-38-40-42-46(52)48(54)49-44(43-50)47(53)45(51)41-39-37-35-33-31-29-27-25-20-18-16-14-12-10-8-6-4-2/h33,35,44-47,50-53H,3-32,34,36-43H2,1-2H3,(H,49,54)/b35-33+. The van der Waals surface area contributed by atoms with E-state index in [1.165, 1.54) is 193 Å². The van der Waals surface area contributed by atoms with Gasteiger partial charge in [0.25, 0.3) is 0 Å². The van der Waals surface area contributed by atoms with Crippen LogP contribution in [0.3, 0.4) is 0 Å². The second-order valence-electron chi connectivity index (χ2n) is 16.8. The van der Waals surface area contributed by atoms with Crippen molar-refractivity contribution in [3.8, 4) is 0 Å². The van der Waals surface area contributed by atoms with Crippen LogP contribution in [0.1, 0.15) is 258 Å². The van der Waals surface area contributed by atoms with Gasteiger partial charge in [0.1, 0.15) is 12.2 Å². The molecule has 6 nitrogen and oxygen atoms in total. The highest BCUT2D eigenvalue weighted by Gasteiger charge is 2.28. The third-order valence-corrected chi connectivity index (χ3v) is 11.5. The highest BCUT2D eigenvalue weighted by atomic mass is 16.3. The minimum absolute atomic E-state index is 0.368. The maximum absolute atomic E-state index is 12.5. The van der Waals surface area contributed by atoms with Gasteiger partial charge in [-0.3, -0.25) is 4.79 Å². The molecule has 0 aliphatic carbocycles. The van der Waals surface area contributed by atoms with E-state index < -0.39 is 36.9 Å². The van der Waals surface area contributed by atoms with Gasteiger partial charge in [-0.2, -0.15) is 0 Å². The largest absolute Gasteiger partial charge is 0.394 e. The fourth-order valence-corrected chi connectivity index (χ4v) is 7.64. The van der Waals surface area contributed by atoms with Crippen LogP contribution in [0.4, 0.5) is 0 Å². The number of hydrogen-bond donors (Lipinski definition) is 5. The second kappa shape index (κ2) is 43.2. The van der Waals surface area contributed by atoms with Gasteiger partial charge < -0.3 is 25.7 Å². The van der Waals surface area contributed by atoms with Crippen molar-refractivity contribution in [3.63, 3.8) is 0 Å². The molecule has 0 bridgehead atoms. The monoisotopic (exact) mass is 766 g/mol. The Morgan fingerprint density at radius 2 is 0.759 bits per heavy atom. The maximum atomic E-state index is 12.5. The molecule has 54 heavy (non-hydrogen) atoms. The Balaban J connectivity index is 3.70. The van der Waals surface area contributed by atoms with Crippen LogP contribution in [0.15, 0.2) is 12.2 Å². The van der Waals surface area contributed by atoms with Gasteiger partial charge in [-0.1, -0.05) is 231 Å². The minimum Gasteiger partial charge on any atom is -0.394 e.